The largest absolute Gasteiger partial charge is 0.494 e. The number of aliphatic hydroxyl groups is 1. The maximum atomic E-state index is 14.5. The lowest BCUT2D eigenvalue weighted by molar-refractivity contribution is -0.134. The summed E-state index contributed by atoms with van der Waals surface area (Å²) in [5, 5.41) is 15.6. The third kappa shape index (κ3) is 7.06. The molecule has 12 heteroatoms. The molecule has 5 rings (SSSR count). The van der Waals surface area contributed by atoms with Gasteiger partial charge in [-0.05, 0) is 60.3 Å². The van der Waals surface area contributed by atoms with Crippen molar-refractivity contribution in [2.75, 3.05) is 26.3 Å². The van der Waals surface area contributed by atoms with Crippen LogP contribution < -0.4 is 10.2 Å². The van der Waals surface area contributed by atoms with Gasteiger partial charge in [-0.3, -0.25) is 10.2 Å². The van der Waals surface area contributed by atoms with Crippen molar-refractivity contribution >= 4 is 40.7 Å². The molecule has 3 aromatic carbocycles. The highest BCUT2D eigenvalue weighted by molar-refractivity contribution is 6.35. The molecule has 0 aromatic heterocycles. The predicted molar refractivity (Wildman–Crippen MR) is 166 cm³/mol. The number of carbonyl (C=O) groups is 1. The zero-order valence-electron chi connectivity index (χ0n) is 23.5. The number of hydrogen-bond acceptors (Lipinski definition) is 7. The normalized spacial score (nSPS) is 20.1. The maximum Gasteiger partial charge on any atom is 0.266 e. The molecule has 2 aliphatic heterocycles. The van der Waals surface area contributed by atoms with E-state index in [1.807, 2.05) is 17.1 Å². The number of nitrogens with zero attached hydrogens (tertiary/aromatic N) is 5. The molecule has 224 valence electrons. The van der Waals surface area contributed by atoms with E-state index in [0.29, 0.717) is 51.2 Å². The first-order valence-electron chi connectivity index (χ1n) is 14.2. The topological polar surface area (TPSA) is 132 Å². The summed E-state index contributed by atoms with van der Waals surface area (Å²) in [6.45, 7) is 1.87. The molecule has 0 bridgehead atoms. The summed E-state index contributed by atoms with van der Waals surface area (Å²) in [6, 6.07) is 19.3. The van der Waals surface area contributed by atoms with Crippen molar-refractivity contribution in [3.05, 3.63) is 104 Å². The van der Waals surface area contributed by atoms with Gasteiger partial charge in [0.05, 0.1) is 6.61 Å². The molecule has 3 aromatic rings. The van der Waals surface area contributed by atoms with Gasteiger partial charge in [-0.25, -0.2) is 10.0 Å². The molecule has 1 fully saturated rings. The van der Waals surface area contributed by atoms with E-state index in [2.05, 4.69) is 15.5 Å². The lowest BCUT2D eigenvalue weighted by atomic mass is 9.81. The molecule has 0 aliphatic carbocycles. The Bertz CT molecular complexity index is 1520. The number of aliphatic imine (C=N–C) groups is 1. The highest BCUT2D eigenvalue weighted by atomic mass is 35.5. The smallest absolute Gasteiger partial charge is 0.266 e. The lowest BCUT2D eigenvalue weighted by Gasteiger charge is -2.35. The number of hydrazine groups is 1. The van der Waals surface area contributed by atoms with E-state index in [1.54, 1.807) is 54.6 Å². The zero-order chi connectivity index (χ0) is 30.2. The Labute approximate surface area is 259 Å². The van der Waals surface area contributed by atoms with Gasteiger partial charge in [0, 0.05) is 64.3 Å². The van der Waals surface area contributed by atoms with Crippen molar-refractivity contribution in [3.8, 4) is 5.75 Å². The Kier molecular flexibility index (Phi) is 10.1. The molecule has 2 atom stereocenters. The van der Waals surface area contributed by atoms with Crippen LogP contribution in [0, 0.1) is 0 Å². The summed E-state index contributed by atoms with van der Waals surface area (Å²) in [4.78, 5) is 22.5. The highest BCUT2D eigenvalue weighted by Gasteiger charge is 2.54. The molecule has 2 aliphatic rings. The van der Waals surface area contributed by atoms with E-state index in [9.17, 15) is 10.3 Å². The summed E-state index contributed by atoms with van der Waals surface area (Å²) in [6.07, 6.45) is 2.70. The van der Waals surface area contributed by atoms with Gasteiger partial charge in [-0.15, -0.1) is 0 Å². The molecule has 2 heterocycles. The van der Waals surface area contributed by atoms with Crippen LogP contribution in [0.5, 0.6) is 5.75 Å². The van der Waals surface area contributed by atoms with Crippen molar-refractivity contribution in [1.82, 2.24) is 10.4 Å². The molecule has 2 N–H and O–H groups in total. The number of piperidine rings is 1. The standard InChI is InChI=1S/C31H32Cl2N6O4/c32-23-11-14-25(26(33)19-23)28-31(30(41)37-39-15-4-1-5-16-39,20-22-7-2-3-8-27(22)36-38-34)35-29(43-28)21-9-12-24(13-10-21)42-18-6-17-40/h2-3,7-14,19,28,40H,1,4-6,15-18,20H2,(H,37,41)/t28-,31-/m0/s1. The van der Waals surface area contributed by atoms with Crippen molar-refractivity contribution in [2.45, 2.75) is 43.7 Å². The van der Waals surface area contributed by atoms with E-state index in [0.717, 1.165) is 32.4 Å². The molecule has 0 unspecified atom stereocenters. The van der Waals surface area contributed by atoms with E-state index in [1.165, 1.54) is 0 Å². The van der Waals surface area contributed by atoms with Gasteiger partial charge >= 0.3 is 0 Å². The SMILES string of the molecule is [N-]=[N+]=Nc1ccccc1C[C@]1(C(=O)NN2CCCCC2)N=C(c2ccc(OCCCO)cc2)O[C@H]1c1ccc(Cl)cc1Cl. The number of nitrogens with one attached hydrogen (secondary N) is 1. The van der Waals surface area contributed by atoms with Gasteiger partial charge in [0.2, 0.25) is 5.90 Å². The second-order valence-corrected chi connectivity index (χ2v) is 11.3. The summed E-state index contributed by atoms with van der Waals surface area (Å²) in [5.41, 5.74) is 13.0. The minimum atomic E-state index is -1.53. The van der Waals surface area contributed by atoms with Crippen molar-refractivity contribution in [1.29, 1.82) is 0 Å². The summed E-state index contributed by atoms with van der Waals surface area (Å²) >= 11 is 13.0. The number of amides is 1. The number of azide groups is 1. The van der Waals surface area contributed by atoms with E-state index >= 15 is 0 Å². The summed E-state index contributed by atoms with van der Waals surface area (Å²) < 4.78 is 12.2. The zero-order valence-corrected chi connectivity index (χ0v) is 25.0. The molecule has 43 heavy (non-hydrogen) atoms. The minimum absolute atomic E-state index is 0.0434. The second-order valence-electron chi connectivity index (χ2n) is 10.4. The fraction of sp³-hybridized carbons (Fsp3) is 0.355. The molecule has 0 spiro atoms. The summed E-state index contributed by atoms with van der Waals surface area (Å²) in [5.74, 6) is 0.526. The average Bonchev–Trinajstić information content (AvgIpc) is 3.39. The quantitative estimate of drug-likeness (QED) is 0.106. The van der Waals surface area contributed by atoms with Crippen LogP contribution in [0.2, 0.25) is 10.0 Å². The van der Waals surface area contributed by atoms with E-state index < -0.39 is 11.6 Å². The van der Waals surface area contributed by atoms with Gasteiger partial charge < -0.3 is 14.6 Å². The van der Waals surface area contributed by atoms with Gasteiger partial charge in [-0.1, -0.05) is 65.1 Å². The van der Waals surface area contributed by atoms with Crippen LogP contribution in [0.4, 0.5) is 5.69 Å². The molecule has 1 saturated heterocycles. The monoisotopic (exact) mass is 622 g/mol. The lowest BCUT2D eigenvalue weighted by Crippen LogP contribution is -2.56. The van der Waals surface area contributed by atoms with Crippen LogP contribution in [0.25, 0.3) is 10.4 Å². The van der Waals surface area contributed by atoms with Gasteiger partial charge in [0.1, 0.15) is 5.75 Å². The highest BCUT2D eigenvalue weighted by Crippen LogP contribution is 2.46. The third-order valence-corrected chi connectivity index (χ3v) is 8.06. The van der Waals surface area contributed by atoms with Crippen LogP contribution in [0.3, 0.4) is 0 Å². The van der Waals surface area contributed by atoms with E-state index in [4.69, 9.17) is 42.8 Å². The Hall–Kier alpha value is -3.79. The van der Waals surface area contributed by atoms with Crippen molar-refractivity contribution in [3.63, 3.8) is 0 Å². The maximum absolute atomic E-state index is 14.5. The Morgan fingerprint density at radius 3 is 2.63 bits per heavy atom. The Balaban J connectivity index is 1.62. The molecule has 0 saturated carbocycles. The molecule has 10 nitrogen and oxygen atoms in total. The fourth-order valence-electron chi connectivity index (χ4n) is 5.32. The number of benzene rings is 3. The number of hydrogen-bond donors (Lipinski definition) is 2. The third-order valence-electron chi connectivity index (χ3n) is 7.49. The first-order chi connectivity index (χ1) is 20.9. The number of carbonyl (C=O) groups excluding carboxylic acids is 1. The second kappa shape index (κ2) is 14.1. The van der Waals surface area contributed by atoms with Crippen molar-refractivity contribution in [2.24, 2.45) is 10.1 Å². The fourth-order valence-corrected chi connectivity index (χ4v) is 5.82. The first kappa shape index (κ1) is 30.7. The average molecular weight is 624 g/mol. The van der Waals surface area contributed by atoms with Crippen LogP contribution >= 0.6 is 23.2 Å². The van der Waals surface area contributed by atoms with Crippen LogP contribution in [0.1, 0.15) is 48.5 Å². The Morgan fingerprint density at radius 2 is 1.91 bits per heavy atom. The van der Waals surface area contributed by atoms with Crippen molar-refractivity contribution < 1.29 is 19.4 Å². The van der Waals surface area contributed by atoms with Gasteiger partial charge in [0.25, 0.3) is 5.91 Å². The van der Waals surface area contributed by atoms with Gasteiger partial charge in [0.15, 0.2) is 11.6 Å². The number of halogens is 2. The van der Waals surface area contributed by atoms with Gasteiger partial charge in [-0.2, -0.15) is 0 Å². The predicted octanol–water partition coefficient (Wildman–Crippen LogP) is 6.71. The number of rotatable bonds is 11. The van der Waals surface area contributed by atoms with Crippen LogP contribution in [-0.2, 0) is 16.0 Å². The molecule has 0 radical (unpaired) electrons. The number of aliphatic hydroxyl groups excluding tert-OH is 1. The summed E-state index contributed by atoms with van der Waals surface area (Å²) in [7, 11) is 0. The number of ether oxygens (including phenoxy) is 2. The first-order valence-corrected chi connectivity index (χ1v) is 14.9. The Morgan fingerprint density at radius 1 is 1.14 bits per heavy atom. The molecular weight excluding hydrogens is 591 g/mol. The van der Waals surface area contributed by atoms with Crippen LogP contribution in [-0.4, -0.2) is 53.8 Å². The van der Waals surface area contributed by atoms with Crippen LogP contribution in [0.15, 0.2) is 76.8 Å². The molecule has 1 amide bonds. The minimum Gasteiger partial charge on any atom is -0.494 e. The molecular formula is C31H32Cl2N6O4. The van der Waals surface area contributed by atoms with E-state index in [-0.39, 0.29) is 24.8 Å².